The number of fused-ring (bicyclic) bond motifs is 1. The number of aliphatic hydroxyl groups excluding tert-OH is 1. The number of nitrogens with one attached hydrogen (secondary N) is 1. The number of anilines is 1. The van der Waals surface area contributed by atoms with Crippen molar-refractivity contribution in [3.8, 4) is 0 Å². The third kappa shape index (κ3) is 2.77. The van der Waals surface area contributed by atoms with Crippen LogP contribution >= 0.6 is 0 Å². The fourth-order valence-electron chi connectivity index (χ4n) is 3.45. The SMILES string of the molecule is CC1CC(C(=O)N(CCO)C2CCC2)c2ccccc2N1. The summed E-state index contributed by atoms with van der Waals surface area (Å²) in [5.74, 6) is 0.110. The molecule has 1 amide bonds. The molecule has 114 valence electrons. The number of hydrogen-bond donors (Lipinski definition) is 2. The van der Waals surface area contributed by atoms with Crippen LogP contribution in [0.15, 0.2) is 24.3 Å². The quantitative estimate of drug-likeness (QED) is 0.894. The number of rotatable bonds is 4. The Morgan fingerprint density at radius 3 is 2.81 bits per heavy atom. The van der Waals surface area contributed by atoms with Gasteiger partial charge in [-0.2, -0.15) is 0 Å². The highest BCUT2D eigenvalue weighted by Crippen LogP contribution is 2.37. The Kier molecular flexibility index (Phi) is 4.15. The minimum Gasteiger partial charge on any atom is -0.395 e. The lowest BCUT2D eigenvalue weighted by Crippen LogP contribution is -2.48. The lowest BCUT2D eigenvalue weighted by molar-refractivity contribution is -0.137. The molecule has 1 aromatic carbocycles. The van der Waals surface area contributed by atoms with Gasteiger partial charge in [-0.05, 0) is 44.2 Å². The van der Waals surface area contributed by atoms with Crippen molar-refractivity contribution in [2.45, 2.75) is 50.6 Å². The Morgan fingerprint density at radius 1 is 1.38 bits per heavy atom. The molecule has 2 atom stereocenters. The number of hydrogen-bond acceptors (Lipinski definition) is 3. The predicted molar refractivity (Wildman–Crippen MR) is 83.3 cm³/mol. The molecule has 0 aromatic heterocycles. The summed E-state index contributed by atoms with van der Waals surface area (Å²) in [6, 6.07) is 8.73. The Morgan fingerprint density at radius 2 is 2.14 bits per heavy atom. The molecule has 1 aromatic rings. The molecule has 2 N–H and O–H groups in total. The molecule has 1 aliphatic heterocycles. The summed E-state index contributed by atoms with van der Waals surface area (Å²) >= 11 is 0. The number of nitrogens with zero attached hydrogens (tertiary/aromatic N) is 1. The molecule has 2 unspecified atom stereocenters. The van der Waals surface area contributed by atoms with Crippen LogP contribution in [0.1, 0.15) is 44.1 Å². The summed E-state index contributed by atoms with van der Waals surface area (Å²) in [5, 5.41) is 12.7. The van der Waals surface area contributed by atoms with Crippen molar-refractivity contribution in [3.05, 3.63) is 29.8 Å². The number of carbonyl (C=O) groups is 1. The van der Waals surface area contributed by atoms with E-state index < -0.39 is 0 Å². The van der Waals surface area contributed by atoms with Gasteiger partial charge in [-0.1, -0.05) is 18.2 Å². The Balaban J connectivity index is 1.85. The average Bonchev–Trinajstić information content (AvgIpc) is 2.43. The molecule has 21 heavy (non-hydrogen) atoms. The summed E-state index contributed by atoms with van der Waals surface area (Å²) in [4.78, 5) is 14.9. The van der Waals surface area contributed by atoms with Gasteiger partial charge in [-0.25, -0.2) is 0 Å². The number of carbonyl (C=O) groups excluding carboxylic acids is 1. The lowest BCUT2D eigenvalue weighted by Gasteiger charge is -2.41. The van der Waals surface area contributed by atoms with Crippen LogP contribution in [0.3, 0.4) is 0 Å². The van der Waals surface area contributed by atoms with E-state index in [-0.39, 0.29) is 18.4 Å². The first kappa shape index (κ1) is 14.4. The largest absolute Gasteiger partial charge is 0.395 e. The van der Waals surface area contributed by atoms with Crippen molar-refractivity contribution < 1.29 is 9.90 Å². The molecule has 0 bridgehead atoms. The van der Waals surface area contributed by atoms with Crippen LogP contribution in [0, 0.1) is 0 Å². The van der Waals surface area contributed by atoms with Gasteiger partial charge in [-0.3, -0.25) is 4.79 Å². The molecule has 4 nitrogen and oxygen atoms in total. The monoisotopic (exact) mass is 288 g/mol. The summed E-state index contributed by atoms with van der Waals surface area (Å²) in [6.45, 7) is 2.63. The Labute approximate surface area is 126 Å². The molecule has 1 saturated carbocycles. The van der Waals surface area contributed by atoms with Gasteiger partial charge in [0.1, 0.15) is 0 Å². The van der Waals surface area contributed by atoms with Crippen LogP contribution in [0.2, 0.25) is 0 Å². The highest BCUT2D eigenvalue weighted by atomic mass is 16.3. The number of aliphatic hydroxyl groups is 1. The van der Waals surface area contributed by atoms with E-state index >= 15 is 0 Å². The third-order valence-electron chi connectivity index (χ3n) is 4.76. The van der Waals surface area contributed by atoms with E-state index in [0.717, 1.165) is 30.5 Å². The second-order valence-electron chi connectivity index (χ2n) is 6.26. The molecule has 4 heteroatoms. The van der Waals surface area contributed by atoms with Crippen LogP contribution in [0.4, 0.5) is 5.69 Å². The first-order valence-corrected chi connectivity index (χ1v) is 7.97. The minimum absolute atomic E-state index is 0.0460. The van der Waals surface area contributed by atoms with Crippen molar-refractivity contribution in [1.29, 1.82) is 0 Å². The van der Waals surface area contributed by atoms with Crippen LogP contribution in [0.25, 0.3) is 0 Å². The molecular formula is C17H24N2O2. The molecule has 1 aliphatic carbocycles. The average molecular weight is 288 g/mol. The molecule has 2 aliphatic rings. The van der Waals surface area contributed by atoms with E-state index in [0.29, 0.717) is 18.6 Å². The van der Waals surface area contributed by atoms with Crippen molar-refractivity contribution in [3.63, 3.8) is 0 Å². The second kappa shape index (κ2) is 6.06. The normalized spacial score (nSPS) is 24.7. The number of benzene rings is 1. The minimum atomic E-state index is -0.0791. The third-order valence-corrected chi connectivity index (χ3v) is 4.76. The van der Waals surface area contributed by atoms with Crippen molar-refractivity contribution in [1.82, 2.24) is 4.90 Å². The highest BCUT2D eigenvalue weighted by Gasteiger charge is 2.36. The highest BCUT2D eigenvalue weighted by molar-refractivity contribution is 5.87. The smallest absolute Gasteiger partial charge is 0.230 e. The fraction of sp³-hybridized carbons (Fsp3) is 0.588. The van der Waals surface area contributed by atoms with Gasteiger partial charge < -0.3 is 15.3 Å². The predicted octanol–water partition coefficient (Wildman–Crippen LogP) is 2.35. The van der Waals surface area contributed by atoms with Crippen LogP contribution < -0.4 is 5.32 Å². The van der Waals surface area contributed by atoms with Gasteiger partial charge in [0.25, 0.3) is 0 Å². The van der Waals surface area contributed by atoms with Gasteiger partial charge in [-0.15, -0.1) is 0 Å². The van der Waals surface area contributed by atoms with Crippen LogP contribution in [0.5, 0.6) is 0 Å². The van der Waals surface area contributed by atoms with Crippen LogP contribution in [-0.2, 0) is 4.79 Å². The second-order valence-corrected chi connectivity index (χ2v) is 6.26. The maximum atomic E-state index is 13.0. The van der Waals surface area contributed by atoms with Crippen LogP contribution in [-0.4, -0.2) is 41.1 Å². The summed E-state index contributed by atoms with van der Waals surface area (Å²) in [6.07, 6.45) is 4.17. The van der Waals surface area contributed by atoms with Gasteiger partial charge >= 0.3 is 0 Å². The zero-order valence-corrected chi connectivity index (χ0v) is 12.6. The van der Waals surface area contributed by atoms with E-state index in [1.807, 2.05) is 23.1 Å². The maximum Gasteiger partial charge on any atom is 0.230 e. The Bertz CT molecular complexity index is 513. The van der Waals surface area contributed by atoms with E-state index in [9.17, 15) is 9.90 Å². The summed E-state index contributed by atoms with van der Waals surface area (Å²) < 4.78 is 0. The number of amides is 1. The first-order chi connectivity index (χ1) is 10.2. The molecule has 1 fully saturated rings. The summed E-state index contributed by atoms with van der Waals surface area (Å²) in [7, 11) is 0. The topological polar surface area (TPSA) is 52.6 Å². The maximum absolute atomic E-state index is 13.0. The van der Waals surface area contributed by atoms with Crippen molar-refractivity contribution >= 4 is 11.6 Å². The molecule has 3 rings (SSSR count). The molecule has 0 saturated heterocycles. The van der Waals surface area contributed by atoms with E-state index in [2.05, 4.69) is 18.3 Å². The van der Waals surface area contributed by atoms with E-state index in [4.69, 9.17) is 0 Å². The van der Waals surface area contributed by atoms with Gasteiger partial charge in [0, 0.05) is 24.3 Å². The zero-order chi connectivity index (χ0) is 14.8. The zero-order valence-electron chi connectivity index (χ0n) is 12.6. The van der Waals surface area contributed by atoms with E-state index in [1.54, 1.807) is 0 Å². The van der Waals surface area contributed by atoms with Gasteiger partial charge in [0.15, 0.2) is 0 Å². The number of para-hydroxylation sites is 1. The Hall–Kier alpha value is -1.55. The molecular weight excluding hydrogens is 264 g/mol. The fourth-order valence-corrected chi connectivity index (χ4v) is 3.45. The molecule has 0 spiro atoms. The van der Waals surface area contributed by atoms with Gasteiger partial charge in [0.05, 0.1) is 12.5 Å². The first-order valence-electron chi connectivity index (χ1n) is 7.97. The van der Waals surface area contributed by atoms with Gasteiger partial charge in [0.2, 0.25) is 5.91 Å². The van der Waals surface area contributed by atoms with Crippen molar-refractivity contribution in [2.75, 3.05) is 18.5 Å². The summed E-state index contributed by atoms with van der Waals surface area (Å²) in [5.41, 5.74) is 2.18. The lowest BCUT2D eigenvalue weighted by atomic mass is 9.84. The molecule has 1 heterocycles. The standard InChI is InChI=1S/C17H24N2O2/c1-12-11-15(14-7-2-3-8-16(14)18-12)17(21)19(9-10-20)13-5-4-6-13/h2-3,7-8,12-13,15,18,20H,4-6,9-11H2,1H3. The van der Waals surface area contributed by atoms with E-state index in [1.165, 1.54) is 6.42 Å². The molecule has 0 radical (unpaired) electrons. The van der Waals surface area contributed by atoms with Crippen molar-refractivity contribution in [2.24, 2.45) is 0 Å².